The number of ether oxygens (including phenoxy) is 1. The molecular weight excluding hydrogens is 287 g/mol. The third-order valence-electron chi connectivity index (χ3n) is 1.99. The van der Waals surface area contributed by atoms with E-state index in [1.807, 2.05) is 0 Å². The van der Waals surface area contributed by atoms with Gasteiger partial charge in [0.05, 0.1) is 11.6 Å². The maximum atomic E-state index is 11.5. The van der Waals surface area contributed by atoms with E-state index in [0.29, 0.717) is 10.7 Å². The van der Waals surface area contributed by atoms with Crippen LogP contribution in [-0.4, -0.2) is 23.3 Å². The Bertz CT molecular complexity index is 465. The van der Waals surface area contributed by atoms with E-state index in [-0.39, 0.29) is 5.88 Å². The van der Waals surface area contributed by atoms with Crippen LogP contribution in [0.15, 0.2) is 29.4 Å². The van der Waals surface area contributed by atoms with Crippen LogP contribution in [-0.2, 0) is 4.74 Å². The number of benzene rings is 1. The van der Waals surface area contributed by atoms with Crippen LogP contribution in [0.1, 0.15) is 26.3 Å². The van der Waals surface area contributed by atoms with E-state index in [2.05, 4.69) is 10.5 Å². The summed E-state index contributed by atoms with van der Waals surface area (Å²) in [5.41, 5.74) is 3.06. The number of amides is 1. The molecule has 104 valence electrons. The van der Waals surface area contributed by atoms with Gasteiger partial charge in [-0.25, -0.2) is 10.2 Å². The Morgan fingerprint density at radius 2 is 1.89 bits per heavy atom. The first-order valence-electron chi connectivity index (χ1n) is 5.69. The molecule has 0 aliphatic rings. The lowest BCUT2D eigenvalue weighted by Gasteiger charge is -2.18. The van der Waals surface area contributed by atoms with Gasteiger partial charge in [0.1, 0.15) is 5.60 Å². The molecule has 4 nitrogen and oxygen atoms in total. The zero-order valence-corrected chi connectivity index (χ0v) is 12.5. The van der Waals surface area contributed by atoms with Crippen molar-refractivity contribution < 1.29 is 9.53 Å². The van der Waals surface area contributed by atoms with Crippen molar-refractivity contribution >= 4 is 35.0 Å². The maximum Gasteiger partial charge on any atom is 0.428 e. The van der Waals surface area contributed by atoms with E-state index in [1.165, 1.54) is 0 Å². The Morgan fingerprint density at radius 1 is 1.32 bits per heavy atom. The summed E-state index contributed by atoms with van der Waals surface area (Å²) in [6.07, 6.45) is -0.621. The summed E-state index contributed by atoms with van der Waals surface area (Å²) < 4.78 is 5.07. The second-order valence-corrected chi connectivity index (χ2v) is 5.52. The van der Waals surface area contributed by atoms with Crippen LogP contribution in [0.5, 0.6) is 0 Å². The number of rotatable bonds is 3. The Kier molecular flexibility index (Phi) is 5.63. The molecule has 0 atom stereocenters. The van der Waals surface area contributed by atoms with Gasteiger partial charge in [0.15, 0.2) is 0 Å². The molecule has 19 heavy (non-hydrogen) atoms. The van der Waals surface area contributed by atoms with Gasteiger partial charge in [-0.05, 0) is 38.5 Å². The van der Waals surface area contributed by atoms with E-state index in [4.69, 9.17) is 27.9 Å². The molecule has 1 amide bonds. The predicted molar refractivity (Wildman–Crippen MR) is 78.1 cm³/mol. The molecule has 0 spiro atoms. The van der Waals surface area contributed by atoms with Crippen LogP contribution in [0.3, 0.4) is 0 Å². The fourth-order valence-corrected chi connectivity index (χ4v) is 1.57. The molecule has 0 aliphatic carbocycles. The number of hydrogen-bond donors (Lipinski definition) is 1. The predicted octanol–water partition coefficient (Wildman–Crippen LogP) is 3.81. The van der Waals surface area contributed by atoms with Crippen molar-refractivity contribution in [1.29, 1.82) is 0 Å². The number of hydrazone groups is 1. The highest BCUT2D eigenvalue weighted by Gasteiger charge is 2.15. The summed E-state index contributed by atoms with van der Waals surface area (Å²) in [6, 6.07) is 7.01. The lowest BCUT2D eigenvalue weighted by atomic mass is 10.1. The molecule has 0 fully saturated rings. The van der Waals surface area contributed by atoms with Crippen LogP contribution < -0.4 is 5.43 Å². The molecule has 0 heterocycles. The number of carbonyl (C=O) groups is 1. The van der Waals surface area contributed by atoms with Crippen LogP contribution in [0.2, 0.25) is 5.02 Å². The Hall–Kier alpha value is -1.26. The average Bonchev–Trinajstić information content (AvgIpc) is 2.29. The molecule has 0 bridgehead atoms. The first kappa shape index (κ1) is 15.8. The molecule has 0 radical (unpaired) electrons. The minimum absolute atomic E-state index is 0.164. The van der Waals surface area contributed by atoms with E-state index in [1.54, 1.807) is 45.0 Å². The topological polar surface area (TPSA) is 50.7 Å². The van der Waals surface area contributed by atoms with Crippen molar-refractivity contribution in [2.45, 2.75) is 26.4 Å². The van der Waals surface area contributed by atoms with Gasteiger partial charge in [-0.2, -0.15) is 5.10 Å². The molecule has 6 heteroatoms. The standard InChI is InChI=1S/C13H16Cl2N2O2/c1-13(2,3)19-12(18)17-16-11(8-14)9-4-6-10(15)7-5-9/h4-7H,8H2,1-3H3,(H,17,18)/b16-11+. The van der Waals surface area contributed by atoms with Crippen molar-refractivity contribution in [1.82, 2.24) is 5.43 Å². The summed E-state index contributed by atoms with van der Waals surface area (Å²) in [4.78, 5) is 11.5. The Morgan fingerprint density at radius 3 is 2.37 bits per heavy atom. The van der Waals surface area contributed by atoms with Crippen LogP contribution in [0.4, 0.5) is 4.79 Å². The number of carbonyl (C=O) groups excluding carboxylic acids is 1. The zero-order chi connectivity index (χ0) is 14.5. The number of halogens is 2. The van der Waals surface area contributed by atoms with Gasteiger partial charge in [0, 0.05) is 5.02 Å². The smallest absolute Gasteiger partial charge is 0.428 e. The molecule has 1 N–H and O–H groups in total. The minimum Gasteiger partial charge on any atom is -0.443 e. The van der Waals surface area contributed by atoms with Crippen molar-refractivity contribution in [2.24, 2.45) is 5.10 Å². The van der Waals surface area contributed by atoms with E-state index < -0.39 is 11.7 Å². The van der Waals surface area contributed by atoms with Crippen molar-refractivity contribution in [3.8, 4) is 0 Å². The van der Waals surface area contributed by atoms with Gasteiger partial charge >= 0.3 is 6.09 Å². The first-order valence-corrected chi connectivity index (χ1v) is 6.60. The molecule has 0 aliphatic heterocycles. The average molecular weight is 303 g/mol. The zero-order valence-electron chi connectivity index (χ0n) is 11.0. The number of alkyl halides is 1. The van der Waals surface area contributed by atoms with Gasteiger partial charge in [-0.1, -0.05) is 23.7 Å². The van der Waals surface area contributed by atoms with Gasteiger partial charge in [0.2, 0.25) is 0 Å². The van der Waals surface area contributed by atoms with Crippen LogP contribution in [0.25, 0.3) is 0 Å². The largest absolute Gasteiger partial charge is 0.443 e. The molecule has 0 saturated heterocycles. The fourth-order valence-electron chi connectivity index (χ4n) is 1.23. The summed E-state index contributed by atoms with van der Waals surface area (Å²) in [5, 5.41) is 4.57. The second-order valence-electron chi connectivity index (χ2n) is 4.81. The lowest BCUT2D eigenvalue weighted by molar-refractivity contribution is 0.0529. The molecule has 1 rings (SSSR count). The summed E-state index contributed by atoms with van der Waals surface area (Å²) in [6.45, 7) is 5.33. The minimum atomic E-state index is -0.621. The van der Waals surface area contributed by atoms with Gasteiger partial charge in [-0.3, -0.25) is 0 Å². The normalized spacial score (nSPS) is 12.2. The number of nitrogens with zero attached hydrogens (tertiary/aromatic N) is 1. The summed E-state index contributed by atoms with van der Waals surface area (Å²) >= 11 is 11.6. The number of hydrogen-bond acceptors (Lipinski definition) is 3. The van der Waals surface area contributed by atoms with Gasteiger partial charge < -0.3 is 4.74 Å². The lowest BCUT2D eigenvalue weighted by Crippen LogP contribution is -2.30. The second kappa shape index (κ2) is 6.78. The van der Waals surface area contributed by atoms with E-state index in [9.17, 15) is 4.79 Å². The van der Waals surface area contributed by atoms with Crippen molar-refractivity contribution in [2.75, 3.05) is 5.88 Å². The highest BCUT2D eigenvalue weighted by molar-refractivity contribution is 6.32. The monoisotopic (exact) mass is 302 g/mol. The first-order chi connectivity index (χ1) is 8.81. The molecule has 1 aromatic rings. The van der Waals surface area contributed by atoms with Crippen LogP contribution in [0, 0.1) is 0 Å². The molecule has 0 aromatic heterocycles. The Labute approximate surface area is 122 Å². The Balaban J connectivity index is 2.72. The highest BCUT2D eigenvalue weighted by atomic mass is 35.5. The van der Waals surface area contributed by atoms with E-state index in [0.717, 1.165) is 5.56 Å². The highest BCUT2D eigenvalue weighted by Crippen LogP contribution is 2.11. The molecule has 0 unspecified atom stereocenters. The molecular formula is C13H16Cl2N2O2. The van der Waals surface area contributed by atoms with Gasteiger partial charge in [0.25, 0.3) is 0 Å². The van der Waals surface area contributed by atoms with Gasteiger partial charge in [-0.15, -0.1) is 11.6 Å². The maximum absolute atomic E-state index is 11.5. The van der Waals surface area contributed by atoms with E-state index >= 15 is 0 Å². The molecule has 1 aromatic carbocycles. The third kappa shape index (κ3) is 5.94. The molecule has 0 saturated carbocycles. The SMILES string of the molecule is CC(C)(C)OC(=O)N/N=C(\CCl)c1ccc(Cl)cc1. The quantitative estimate of drug-likeness (QED) is 0.524. The third-order valence-corrected chi connectivity index (χ3v) is 2.49. The van der Waals surface area contributed by atoms with Crippen LogP contribution >= 0.6 is 23.2 Å². The summed E-state index contributed by atoms with van der Waals surface area (Å²) in [5.74, 6) is 0.164. The summed E-state index contributed by atoms with van der Waals surface area (Å²) in [7, 11) is 0. The number of nitrogens with one attached hydrogen (secondary N) is 1. The fraction of sp³-hybridized carbons (Fsp3) is 0.385. The van der Waals surface area contributed by atoms with Crippen molar-refractivity contribution in [3.05, 3.63) is 34.9 Å². The van der Waals surface area contributed by atoms with Crippen molar-refractivity contribution in [3.63, 3.8) is 0 Å².